The lowest BCUT2D eigenvalue weighted by Gasteiger charge is -2.50. The van der Waals surface area contributed by atoms with Crippen LogP contribution in [-0.4, -0.2) is 82.1 Å². The van der Waals surface area contributed by atoms with Crippen molar-refractivity contribution in [1.29, 1.82) is 0 Å². The highest BCUT2D eigenvalue weighted by molar-refractivity contribution is 6.24. The van der Waals surface area contributed by atoms with Gasteiger partial charge >= 0.3 is 0 Å². The number of rotatable bonds is 7. The van der Waals surface area contributed by atoms with Crippen molar-refractivity contribution in [3.63, 3.8) is 0 Å². The van der Waals surface area contributed by atoms with E-state index in [1.807, 2.05) is 13.8 Å². The molecular formula is C27H35FN4O7. The average molecular weight is 547 g/mol. The second-order valence-corrected chi connectivity index (χ2v) is 11.1. The number of nitrogens with zero attached hydrogens (tertiary/aromatic N) is 1. The number of phenolic OH excluding ortho intramolecular Hbond substituents is 1. The van der Waals surface area contributed by atoms with Crippen LogP contribution in [0.15, 0.2) is 22.7 Å². The number of primary amides is 1. The van der Waals surface area contributed by atoms with E-state index < -0.39 is 69.6 Å². The van der Waals surface area contributed by atoms with Crippen LogP contribution < -0.4 is 16.4 Å². The number of nitrogens with two attached hydrogens (primary N) is 1. The number of anilines is 1. The van der Waals surface area contributed by atoms with E-state index in [0.717, 1.165) is 0 Å². The topological polar surface area (TPSA) is 185 Å². The van der Waals surface area contributed by atoms with E-state index in [-0.39, 0.29) is 47.3 Å². The smallest absolute Gasteiger partial charge is 0.255 e. The van der Waals surface area contributed by atoms with Crippen LogP contribution in [0, 0.1) is 23.6 Å². The van der Waals surface area contributed by atoms with Gasteiger partial charge < -0.3 is 36.8 Å². The molecule has 3 aliphatic carbocycles. The molecule has 1 amide bonds. The third-order valence-electron chi connectivity index (χ3n) is 8.03. The Morgan fingerprint density at radius 1 is 1.23 bits per heavy atom. The van der Waals surface area contributed by atoms with Crippen LogP contribution in [0.5, 0.6) is 5.75 Å². The lowest BCUT2D eigenvalue weighted by atomic mass is 9.58. The zero-order valence-electron chi connectivity index (χ0n) is 22.6. The second kappa shape index (κ2) is 9.92. The fraction of sp³-hybridized carbons (Fsp3) is 0.519. The molecule has 0 fully saturated rings. The molecule has 0 aliphatic heterocycles. The molecule has 3 aliphatic rings. The zero-order chi connectivity index (χ0) is 29.1. The van der Waals surface area contributed by atoms with Gasteiger partial charge in [-0.15, -0.1) is 0 Å². The van der Waals surface area contributed by atoms with Gasteiger partial charge in [-0.3, -0.25) is 19.3 Å². The van der Waals surface area contributed by atoms with Gasteiger partial charge in [-0.25, -0.2) is 4.39 Å². The first-order valence-electron chi connectivity index (χ1n) is 12.8. The van der Waals surface area contributed by atoms with Crippen molar-refractivity contribution in [2.75, 3.05) is 33.0 Å². The van der Waals surface area contributed by atoms with Gasteiger partial charge in [0, 0.05) is 36.2 Å². The summed E-state index contributed by atoms with van der Waals surface area (Å²) in [6, 6.07) is -1.11. The van der Waals surface area contributed by atoms with Crippen LogP contribution >= 0.6 is 0 Å². The number of aliphatic hydroxyl groups is 3. The van der Waals surface area contributed by atoms with Crippen molar-refractivity contribution in [1.82, 2.24) is 10.2 Å². The summed E-state index contributed by atoms with van der Waals surface area (Å²) < 4.78 is 16.0. The van der Waals surface area contributed by atoms with E-state index in [4.69, 9.17) is 5.73 Å². The molecule has 12 heteroatoms. The molecule has 0 radical (unpaired) electrons. The maximum atomic E-state index is 16.0. The van der Waals surface area contributed by atoms with Crippen LogP contribution in [0.4, 0.5) is 10.1 Å². The van der Waals surface area contributed by atoms with Gasteiger partial charge in [0.15, 0.2) is 17.1 Å². The largest absolute Gasteiger partial charge is 0.510 e. The fourth-order valence-corrected chi connectivity index (χ4v) is 6.32. The first-order chi connectivity index (χ1) is 18.2. The monoisotopic (exact) mass is 546 g/mol. The van der Waals surface area contributed by atoms with Crippen molar-refractivity contribution >= 4 is 23.2 Å². The lowest BCUT2D eigenvalue weighted by molar-refractivity contribution is -0.148. The number of likely N-dealkylation sites (N-methyl/N-ethyl adjacent to an activating group) is 1. The SMILES string of the molecule is CNc1c(O)c2c(c(F)c1CNCC(C)C)C[C@H]1C[C@H]3[C@H](N(C)C)C(O)=C(C(N)=O)C(=O)[C@@]3(O)C(O)=C1C2=O. The number of aliphatic hydroxyl groups excluding tert-OH is 2. The number of aromatic hydroxyl groups is 1. The molecule has 212 valence electrons. The molecule has 4 rings (SSSR count). The number of allylic oxidation sites excluding steroid dienone is 1. The van der Waals surface area contributed by atoms with Gasteiger partial charge in [-0.1, -0.05) is 13.8 Å². The molecule has 1 aromatic carbocycles. The number of carbonyl (C=O) groups excluding carboxylic acids is 3. The van der Waals surface area contributed by atoms with Crippen LogP contribution in [0.3, 0.4) is 0 Å². The first kappa shape index (κ1) is 28.5. The van der Waals surface area contributed by atoms with E-state index in [9.17, 15) is 34.8 Å². The Morgan fingerprint density at radius 2 is 1.87 bits per heavy atom. The Balaban J connectivity index is 1.91. The van der Waals surface area contributed by atoms with Crippen LogP contribution in [0.1, 0.15) is 41.8 Å². The number of amides is 1. The maximum absolute atomic E-state index is 16.0. The van der Waals surface area contributed by atoms with E-state index >= 15 is 4.39 Å². The number of hydrogen-bond acceptors (Lipinski definition) is 10. The van der Waals surface area contributed by atoms with Crippen LogP contribution in [0.2, 0.25) is 0 Å². The first-order valence-corrected chi connectivity index (χ1v) is 12.8. The number of fused-ring (bicyclic) bond motifs is 3. The summed E-state index contributed by atoms with van der Waals surface area (Å²) in [7, 11) is 4.56. The summed E-state index contributed by atoms with van der Waals surface area (Å²) in [5.74, 6) is -8.13. The quantitative estimate of drug-likeness (QED) is 0.193. The molecule has 0 bridgehead atoms. The van der Waals surface area contributed by atoms with E-state index in [1.165, 1.54) is 11.9 Å². The molecular weight excluding hydrogens is 511 g/mol. The predicted molar refractivity (Wildman–Crippen MR) is 140 cm³/mol. The summed E-state index contributed by atoms with van der Waals surface area (Å²) in [6.45, 7) is 4.66. The number of Topliss-reactive ketones (excluding diaryl/α,β-unsaturated/α-hetero) is 2. The summed E-state index contributed by atoms with van der Waals surface area (Å²) in [5, 5.41) is 50.8. The average Bonchev–Trinajstić information content (AvgIpc) is 2.83. The lowest BCUT2D eigenvalue weighted by Crippen LogP contribution is -2.63. The standard InChI is InChI=1S/C27H35FN4O7/c1-10(2)8-31-9-13-18(28)12-6-11-7-14-20(32(4)5)23(35)17(26(29)38)25(37)27(14,39)24(36)15(11)21(33)16(12)22(34)19(13)30-3/h10-11,14,20,30-31,34-36,39H,6-9H2,1-5H3,(H2,29,38)/t11-,14-,20-,27-/m0/s1. The third-order valence-corrected chi connectivity index (χ3v) is 8.03. The van der Waals surface area contributed by atoms with Crippen molar-refractivity contribution in [2.45, 2.75) is 44.9 Å². The van der Waals surface area contributed by atoms with Crippen molar-refractivity contribution < 1.29 is 39.2 Å². The number of ketones is 2. The molecule has 0 heterocycles. The van der Waals surface area contributed by atoms with Gasteiger partial charge in [-0.2, -0.15) is 0 Å². The number of carbonyl (C=O) groups is 3. The minimum Gasteiger partial charge on any atom is -0.510 e. The highest BCUT2D eigenvalue weighted by Gasteiger charge is 2.63. The number of hydrogen-bond donors (Lipinski definition) is 7. The normalized spacial score (nSPS) is 26.6. The molecule has 11 nitrogen and oxygen atoms in total. The maximum Gasteiger partial charge on any atom is 0.255 e. The molecule has 0 spiro atoms. The van der Waals surface area contributed by atoms with Gasteiger partial charge in [0.2, 0.25) is 5.78 Å². The Labute approximate surface area is 225 Å². The van der Waals surface area contributed by atoms with Crippen molar-refractivity contribution in [3.05, 3.63) is 45.2 Å². The molecule has 0 aromatic heterocycles. The zero-order valence-corrected chi connectivity index (χ0v) is 22.6. The molecule has 1 aromatic rings. The molecule has 0 unspecified atom stereocenters. The summed E-state index contributed by atoms with van der Waals surface area (Å²) in [6.07, 6.45) is -0.226. The predicted octanol–water partition coefficient (Wildman–Crippen LogP) is 1.05. The Morgan fingerprint density at radius 3 is 2.41 bits per heavy atom. The van der Waals surface area contributed by atoms with Gasteiger partial charge in [0.05, 0.1) is 17.3 Å². The Hall–Kier alpha value is -3.48. The minimum absolute atomic E-state index is 0.00655. The highest BCUT2D eigenvalue weighted by atomic mass is 19.1. The summed E-state index contributed by atoms with van der Waals surface area (Å²) in [5.41, 5.74) is 1.12. The molecule has 0 saturated heterocycles. The number of phenols is 1. The Bertz CT molecular complexity index is 1340. The Kier molecular flexibility index (Phi) is 7.26. The number of halogens is 1. The minimum atomic E-state index is -2.74. The fourth-order valence-electron chi connectivity index (χ4n) is 6.32. The molecule has 39 heavy (non-hydrogen) atoms. The highest BCUT2D eigenvalue weighted by Crippen LogP contribution is 2.53. The number of benzene rings is 1. The molecule has 0 saturated carbocycles. The van der Waals surface area contributed by atoms with Crippen molar-refractivity contribution in [2.24, 2.45) is 23.5 Å². The van der Waals surface area contributed by atoms with Crippen molar-refractivity contribution in [3.8, 4) is 5.75 Å². The van der Waals surface area contributed by atoms with Crippen LogP contribution in [0.25, 0.3) is 0 Å². The van der Waals surface area contributed by atoms with Crippen LogP contribution in [-0.2, 0) is 22.6 Å². The summed E-state index contributed by atoms with van der Waals surface area (Å²) >= 11 is 0. The van der Waals surface area contributed by atoms with E-state index in [1.54, 1.807) is 14.1 Å². The van der Waals surface area contributed by atoms with Gasteiger partial charge in [0.25, 0.3) is 5.91 Å². The van der Waals surface area contributed by atoms with E-state index in [0.29, 0.717) is 12.5 Å². The van der Waals surface area contributed by atoms with Gasteiger partial charge in [0.1, 0.15) is 22.9 Å². The second-order valence-electron chi connectivity index (χ2n) is 11.1. The third kappa shape index (κ3) is 4.09. The van der Waals surface area contributed by atoms with E-state index in [2.05, 4.69) is 10.6 Å². The summed E-state index contributed by atoms with van der Waals surface area (Å²) in [4.78, 5) is 40.6. The number of nitrogens with one attached hydrogen (secondary N) is 2. The van der Waals surface area contributed by atoms with Gasteiger partial charge in [-0.05, 0) is 45.3 Å². The molecule has 8 N–H and O–H groups in total. The molecule has 4 atom stereocenters.